The molecule has 7 nitrogen and oxygen atoms in total. The Morgan fingerprint density at radius 2 is 2.11 bits per heavy atom. The van der Waals surface area contributed by atoms with Crippen molar-refractivity contribution in [3.8, 4) is 0 Å². The zero-order valence-corrected chi connectivity index (χ0v) is 11.4. The van der Waals surface area contributed by atoms with Crippen LogP contribution in [-0.4, -0.2) is 38.2 Å². The van der Waals surface area contributed by atoms with Crippen molar-refractivity contribution in [1.29, 1.82) is 0 Å². The number of carbonyl (C=O) groups excluding carboxylic acids is 1. The fourth-order valence-electron chi connectivity index (χ4n) is 1.63. The van der Waals surface area contributed by atoms with Gasteiger partial charge < -0.3 is 10.4 Å². The van der Waals surface area contributed by atoms with Crippen molar-refractivity contribution in [1.82, 2.24) is 20.5 Å². The zero-order chi connectivity index (χ0) is 14.4. The molecule has 1 aromatic rings. The molecule has 7 heteroatoms. The second kappa shape index (κ2) is 6.86. The first-order valence-corrected chi connectivity index (χ1v) is 6.44. The molecule has 1 aromatic heterocycles. The van der Waals surface area contributed by atoms with Gasteiger partial charge in [0.15, 0.2) is 0 Å². The molecule has 1 amide bonds. The number of carboxylic acid groups (broad SMARTS) is 1. The van der Waals surface area contributed by atoms with Gasteiger partial charge in [0, 0.05) is 6.42 Å². The highest BCUT2D eigenvalue weighted by Crippen LogP contribution is 2.08. The van der Waals surface area contributed by atoms with E-state index >= 15 is 0 Å². The molecule has 2 atom stereocenters. The van der Waals surface area contributed by atoms with Gasteiger partial charge in [0.1, 0.15) is 11.9 Å². The Morgan fingerprint density at radius 3 is 2.63 bits per heavy atom. The summed E-state index contributed by atoms with van der Waals surface area (Å²) in [5.41, 5.74) is 0. The number of aromatic nitrogens is 3. The van der Waals surface area contributed by atoms with Crippen LogP contribution in [0.15, 0.2) is 0 Å². The van der Waals surface area contributed by atoms with Gasteiger partial charge in [0.2, 0.25) is 5.82 Å². The van der Waals surface area contributed by atoms with Crippen LogP contribution in [0.1, 0.15) is 50.1 Å². The Kier molecular flexibility index (Phi) is 5.47. The van der Waals surface area contributed by atoms with Gasteiger partial charge in [-0.2, -0.15) is 0 Å². The predicted molar refractivity (Wildman–Crippen MR) is 68.7 cm³/mol. The lowest BCUT2D eigenvalue weighted by Gasteiger charge is -2.19. The maximum absolute atomic E-state index is 11.9. The summed E-state index contributed by atoms with van der Waals surface area (Å²) >= 11 is 0. The number of aryl methyl sites for hydroxylation is 1. The summed E-state index contributed by atoms with van der Waals surface area (Å²) in [6.45, 7) is 5.64. The monoisotopic (exact) mass is 268 g/mol. The lowest BCUT2D eigenvalue weighted by molar-refractivity contribution is -0.140. The minimum absolute atomic E-state index is 0.0157. The van der Waals surface area contributed by atoms with E-state index in [-0.39, 0.29) is 11.7 Å². The summed E-state index contributed by atoms with van der Waals surface area (Å²) in [6, 6.07) is -0.925. The van der Waals surface area contributed by atoms with Crippen LogP contribution in [0.2, 0.25) is 0 Å². The Balaban J connectivity index is 2.73. The first kappa shape index (κ1) is 15.1. The number of aliphatic carboxylic acids is 1. The van der Waals surface area contributed by atoms with E-state index in [1.807, 2.05) is 13.8 Å². The average Bonchev–Trinajstić information content (AvgIpc) is 2.83. The second-order valence-corrected chi connectivity index (χ2v) is 4.53. The maximum atomic E-state index is 11.9. The van der Waals surface area contributed by atoms with Gasteiger partial charge in [-0.1, -0.05) is 27.2 Å². The van der Waals surface area contributed by atoms with Gasteiger partial charge in [0.05, 0.1) is 0 Å². The summed E-state index contributed by atoms with van der Waals surface area (Å²) < 4.78 is 0. The molecule has 1 unspecified atom stereocenters. The molecule has 0 spiro atoms. The smallest absolute Gasteiger partial charge is 0.326 e. The molecular formula is C12H20N4O3. The zero-order valence-electron chi connectivity index (χ0n) is 11.4. The third kappa shape index (κ3) is 4.04. The van der Waals surface area contributed by atoms with Gasteiger partial charge >= 0.3 is 5.97 Å². The molecule has 0 saturated heterocycles. The largest absolute Gasteiger partial charge is 0.480 e. The minimum atomic E-state index is -1.05. The van der Waals surface area contributed by atoms with Crippen LogP contribution in [0.5, 0.6) is 0 Å². The SMILES string of the molecule is CCCc1nc(C(=O)N[C@H](C(=O)O)C(C)CC)n[nH]1. The molecule has 0 radical (unpaired) electrons. The molecule has 0 saturated carbocycles. The first-order chi connectivity index (χ1) is 8.99. The van der Waals surface area contributed by atoms with Crippen molar-refractivity contribution in [2.24, 2.45) is 5.92 Å². The number of rotatable bonds is 7. The number of aromatic amines is 1. The molecule has 19 heavy (non-hydrogen) atoms. The van der Waals surface area contributed by atoms with Crippen molar-refractivity contribution < 1.29 is 14.7 Å². The van der Waals surface area contributed by atoms with Crippen molar-refractivity contribution >= 4 is 11.9 Å². The third-order valence-electron chi connectivity index (χ3n) is 2.99. The molecule has 3 N–H and O–H groups in total. The Morgan fingerprint density at radius 1 is 1.42 bits per heavy atom. The van der Waals surface area contributed by atoms with Crippen LogP contribution in [0.25, 0.3) is 0 Å². The molecule has 1 heterocycles. The summed E-state index contributed by atoms with van der Waals surface area (Å²) in [5, 5.41) is 18.0. The van der Waals surface area contributed by atoms with Crippen LogP contribution >= 0.6 is 0 Å². The van der Waals surface area contributed by atoms with E-state index in [0.717, 1.165) is 6.42 Å². The van der Waals surface area contributed by atoms with Crippen LogP contribution < -0.4 is 5.32 Å². The molecule has 0 bridgehead atoms. The number of carbonyl (C=O) groups is 2. The summed E-state index contributed by atoms with van der Waals surface area (Å²) in [6.07, 6.45) is 2.25. The molecular weight excluding hydrogens is 248 g/mol. The number of nitrogens with one attached hydrogen (secondary N) is 2. The van der Waals surface area contributed by atoms with E-state index < -0.39 is 17.9 Å². The molecule has 0 aliphatic rings. The molecule has 0 aliphatic carbocycles. The molecule has 0 fully saturated rings. The molecule has 0 aliphatic heterocycles. The Hall–Kier alpha value is -1.92. The lowest BCUT2D eigenvalue weighted by atomic mass is 9.99. The van der Waals surface area contributed by atoms with E-state index in [1.165, 1.54) is 0 Å². The minimum Gasteiger partial charge on any atom is -0.480 e. The third-order valence-corrected chi connectivity index (χ3v) is 2.99. The van der Waals surface area contributed by atoms with Crippen molar-refractivity contribution in [3.05, 3.63) is 11.6 Å². The van der Waals surface area contributed by atoms with E-state index in [2.05, 4.69) is 20.5 Å². The van der Waals surface area contributed by atoms with Gasteiger partial charge in [-0.25, -0.2) is 9.78 Å². The summed E-state index contributed by atoms with van der Waals surface area (Å²) in [5.74, 6) is -1.16. The number of amides is 1. The Bertz CT molecular complexity index is 444. The second-order valence-electron chi connectivity index (χ2n) is 4.53. The van der Waals surface area contributed by atoms with E-state index in [9.17, 15) is 9.59 Å². The van der Waals surface area contributed by atoms with Crippen molar-refractivity contribution in [2.45, 2.75) is 46.1 Å². The van der Waals surface area contributed by atoms with Crippen LogP contribution in [-0.2, 0) is 11.2 Å². The average molecular weight is 268 g/mol. The van der Waals surface area contributed by atoms with Gasteiger partial charge in [-0.05, 0) is 12.3 Å². The predicted octanol–water partition coefficient (Wildman–Crippen LogP) is 0.986. The quantitative estimate of drug-likeness (QED) is 0.683. The number of carboxylic acids is 1. The Labute approximate surface area is 111 Å². The lowest BCUT2D eigenvalue weighted by Crippen LogP contribution is -2.45. The normalized spacial score (nSPS) is 13.8. The molecule has 106 valence electrons. The van der Waals surface area contributed by atoms with Gasteiger partial charge in [-0.15, -0.1) is 5.10 Å². The first-order valence-electron chi connectivity index (χ1n) is 6.44. The summed E-state index contributed by atoms with van der Waals surface area (Å²) in [7, 11) is 0. The number of nitrogens with zero attached hydrogens (tertiary/aromatic N) is 2. The van der Waals surface area contributed by atoms with E-state index in [1.54, 1.807) is 6.92 Å². The molecule has 1 rings (SSSR count). The van der Waals surface area contributed by atoms with Crippen molar-refractivity contribution in [2.75, 3.05) is 0 Å². The highest BCUT2D eigenvalue weighted by molar-refractivity contribution is 5.93. The fourth-order valence-corrected chi connectivity index (χ4v) is 1.63. The van der Waals surface area contributed by atoms with Gasteiger partial charge in [0.25, 0.3) is 5.91 Å². The highest BCUT2D eigenvalue weighted by atomic mass is 16.4. The maximum Gasteiger partial charge on any atom is 0.326 e. The number of hydrogen-bond acceptors (Lipinski definition) is 4. The number of hydrogen-bond donors (Lipinski definition) is 3. The molecule has 0 aromatic carbocycles. The van der Waals surface area contributed by atoms with Crippen molar-refractivity contribution in [3.63, 3.8) is 0 Å². The topological polar surface area (TPSA) is 108 Å². The van der Waals surface area contributed by atoms with Crippen LogP contribution in [0.3, 0.4) is 0 Å². The number of H-pyrrole nitrogens is 1. The fraction of sp³-hybridized carbons (Fsp3) is 0.667. The van der Waals surface area contributed by atoms with Crippen LogP contribution in [0.4, 0.5) is 0 Å². The van der Waals surface area contributed by atoms with E-state index in [0.29, 0.717) is 18.7 Å². The summed E-state index contributed by atoms with van der Waals surface area (Å²) in [4.78, 5) is 27.0. The standard InChI is InChI=1S/C12H20N4O3/c1-4-6-8-13-10(16-15-8)11(17)14-9(12(18)19)7(3)5-2/h7,9H,4-6H2,1-3H3,(H,14,17)(H,18,19)(H,13,15,16)/t7?,9-/m0/s1. The van der Waals surface area contributed by atoms with Crippen LogP contribution in [0, 0.1) is 5.92 Å². The highest BCUT2D eigenvalue weighted by Gasteiger charge is 2.27. The van der Waals surface area contributed by atoms with E-state index in [4.69, 9.17) is 5.11 Å². The van der Waals surface area contributed by atoms with Gasteiger partial charge in [-0.3, -0.25) is 9.89 Å².